The quantitative estimate of drug-likeness (QED) is 0.101. The molecular weight excluding hydrogens is 1550 g/mol. The Hall–Kier alpha value is -16.7. The van der Waals surface area contributed by atoms with E-state index in [1.165, 1.54) is 121 Å². The molecule has 25 rings (SSSR count). The van der Waals surface area contributed by atoms with Crippen LogP contribution in [0.3, 0.4) is 0 Å². The molecule has 22 aromatic carbocycles. The number of aryl methyl sites for hydroxylation is 2. The Bertz CT molecular complexity index is 8220. The first-order chi connectivity index (χ1) is 62.8. The molecule has 0 atom stereocenters. The van der Waals surface area contributed by atoms with Crippen LogP contribution in [0, 0.1) is 13.8 Å². The molecule has 3 heterocycles. The number of furan rings is 1. The van der Waals surface area contributed by atoms with Gasteiger partial charge in [-0.25, -0.2) is 0 Å². The summed E-state index contributed by atoms with van der Waals surface area (Å²) < 4.78 is 20.4. The van der Waals surface area contributed by atoms with Gasteiger partial charge in [0.25, 0.3) is 0 Å². The van der Waals surface area contributed by atoms with Gasteiger partial charge in [0.05, 0.1) is 11.4 Å². The number of anilines is 12. The lowest BCUT2D eigenvalue weighted by molar-refractivity contribution is 0.487. The maximum absolute atomic E-state index is 6.97. The summed E-state index contributed by atoms with van der Waals surface area (Å²) in [4.78, 5) is 9.27. The highest BCUT2D eigenvalue weighted by Gasteiger charge is 2.30. The normalized spacial score (nSPS) is 11.8. The number of para-hydroxylation sites is 8. The number of ether oxygens (including phenoxy) is 2. The van der Waals surface area contributed by atoms with E-state index in [1.54, 1.807) is 0 Å². The van der Waals surface area contributed by atoms with E-state index in [9.17, 15) is 0 Å². The Labute approximate surface area is 735 Å². The molecule has 0 amide bonds. The molecule has 127 heavy (non-hydrogen) atoms. The van der Waals surface area contributed by atoms with Gasteiger partial charge in [-0.2, -0.15) is 0 Å². The molecule has 0 saturated heterocycles. The molecule has 2 aliphatic heterocycles. The summed E-state index contributed by atoms with van der Waals surface area (Å²) in [5.41, 5.74) is 26.4. The predicted molar refractivity (Wildman–Crippen MR) is 533 cm³/mol. The molecule has 0 unspecified atom stereocenters. The van der Waals surface area contributed by atoms with Crippen molar-refractivity contribution in [1.82, 2.24) is 0 Å². The minimum Gasteiger partial charge on any atom is -0.456 e. The van der Waals surface area contributed by atoms with Crippen LogP contribution in [0.1, 0.15) is 11.1 Å². The van der Waals surface area contributed by atoms with Crippen molar-refractivity contribution in [2.75, 3.05) is 19.6 Å². The van der Waals surface area contributed by atoms with Crippen LogP contribution in [-0.4, -0.2) is 0 Å². The van der Waals surface area contributed by atoms with Gasteiger partial charge in [0.2, 0.25) is 0 Å². The molecule has 2 aliphatic rings. The van der Waals surface area contributed by atoms with Gasteiger partial charge in [-0.15, -0.1) is 0 Å². The number of benzene rings is 22. The molecule has 23 aromatic rings. The van der Waals surface area contributed by atoms with Crippen LogP contribution in [0.15, 0.2) is 453 Å². The van der Waals surface area contributed by atoms with Gasteiger partial charge in [0.15, 0.2) is 5.58 Å². The standard InChI is InChI=1S/C62H42N2O2.C58H38N2O/c1-39-16-6-11-25-55(39)64(56-26-12-7-17-40(56)2)43-32-30-41(31-33-43)51-37-53-49-23-15-29-59-61(49)54(38-52(53)46-21-9-8-20-45(46)51)48-35-34-44(36-60(48)65-59)63(42-18-4-3-5-19-42)57-27-14-24-50-47-22-10-13-28-58(47)66-62(50)57;1-4-17-42(18-5-1)59(43-19-6-2-7-20-43)47-33-34-50-55-38-53-49-24-13-12-23-48(49)52(37-54(53)51-25-14-26-56(58(51)55)61-57(50)36-47)40-28-30-45(31-29-40)60(44-21-8-3-9-22-44)46-32-27-39-15-10-11-16-41(39)35-46/h3-38H,1-2H3;1-38H. The molecule has 0 spiro atoms. The molecule has 0 radical (unpaired) electrons. The fourth-order valence-electron chi connectivity index (χ4n) is 19.7. The molecule has 0 aliphatic carbocycles. The first-order valence-electron chi connectivity index (χ1n) is 43.4. The maximum Gasteiger partial charge on any atom is 0.159 e. The second-order valence-corrected chi connectivity index (χ2v) is 33.0. The second-order valence-electron chi connectivity index (χ2n) is 33.0. The van der Waals surface area contributed by atoms with Gasteiger partial charge in [-0.3, -0.25) is 0 Å². The van der Waals surface area contributed by atoms with Crippen molar-refractivity contribution in [2.24, 2.45) is 0 Å². The van der Waals surface area contributed by atoms with Gasteiger partial charge in [-0.1, -0.05) is 267 Å². The molecule has 0 N–H and O–H groups in total. The van der Waals surface area contributed by atoms with Gasteiger partial charge < -0.3 is 33.5 Å². The minimum absolute atomic E-state index is 0.816. The highest BCUT2D eigenvalue weighted by molar-refractivity contribution is 6.27. The van der Waals surface area contributed by atoms with Crippen molar-refractivity contribution in [3.8, 4) is 67.5 Å². The summed E-state index contributed by atoms with van der Waals surface area (Å²) in [6.07, 6.45) is 0. The van der Waals surface area contributed by atoms with E-state index >= 15 is 0 Å². The van der Waals surface area contributed by atoms with Crippen molar-refractivity contribution in [3.05, 3.63) is 460 Å². The lowest BCUT2D eigenvalue weighted by Gasteiger charge is -2.28. The summed E-state index contributed by atoms with van der Waals surface area (Å²) in [5.74, 6) is 3.39. The van der Waals surface area contributed by atoms with Gasteiger partial charge in [0, 0.05) is 102 Å². The zero-order valence-electron chi connectivity index (χ0n) is 69.7. The minimum atomic E-state index is 0.816. The largest absolute Gasteiger partial charge is 0.456 e. The third-order valence-electron chi connectivity index (χ3n) is 25.6. The number of fused-ring (bicyclic) bond motifs is 16. The van der Waals surface area contributed by atoms with Crippen LogP contribution in [0.4, 0.5) is 68.2 Å². The zero-order chi connectivity index (χ0) is 84.2. The summed E-state index contributed by atoms with van der Waals surface area (Å²) in [7, 11) is 0. The molecule has 7 heteroatoms. The first-order valence-corrected chi connectivity index (χ1v) is 43.4. The van der Waals surface area contributed by atoms with E-state index in [4.69, 9.17) is 13.9 Å². The predicted octanol–water partition coefficient (Wildman–Crippen LogP) is 34.7. The molecule has 0 fully saturated rings. The highest BCUT2D eigenvalue weighted by Crippen LogP contribution is 2.56. The van der Waals surface area contributed by atoms with E-state index in [2.05, 4.69) is 470 Å². The average molecular weight is 1630 g/mol. The summed E-state index contributed by atoms with van der Waals surface area (Å²) in [6.45, 7) is 4.37. The van der Waals surface area contributed by atoms with Crippen molar-refractivity contribution in [1.29, 1.82) is 0 Å². The van der Waals surface area contributed by atoms with Gasteiger partial charge in [0.1, 0.15) is 28.6 Å². The van der Waals surface area contributed by atoms with Crippen molar-refractivity contribution in [3.63, 3.8) is 0 Å². The Kier molecular flexibility index (Phi) is 17.9. The summed E-state index contributed by atoms with van der Waals surface area (Å²) in [5, 5.41) is 19.0. The Morgan fingerprint density at radius 2 is 0.528 bits per heavy atom. The van der Waals surface area contributed by atoms with Gasteiger partial charge >= 0.3 is 0 Å². The summed E-state index contributed by atoms with van der Waals surface area (Å²) >= 11 is 0. The lowest BCUT2D eigenvalue weighted by Crippen LogP contribution is -2.12. The molecule has 598 valence electrons. The maximum atomic E-state index is 6.97. The number of hydrogen-bond donors (Lipinski definition) is 0. The number of nitrogens with zero attached hydrogens (tertiary/aromatic N) is 4. The Balaban J connectivity index is 0.000000142. The smallest absolute Gasteiger partial charge is 0.159 e. The fourth-order valence-corrected chi connectivity index (χ4v) is 19.7. The number of rotatable bonds is 14. The van der Waals surface area contributed by atoms with Crippen molar-refractivity contribution in [2.45, 2.75) is 13.8 Å². The van der Waals surface area contributed by atoms with E-state index in [0.717, 1.165) is 124 Å². The van der Waals surface area contributed by atoms with Crippen molar-refractivity contribution >= 4 is 166 Å². The fraction of sp³-hybridized carbons (Fsp3) is 0.0167. The topological polar surface area (TPSA) is 44.6 Å². The zero-order valence-corrected chi connectivity index (χ0v) is 69.7. The Morgan fingerprint density at radius 1 is 0.181 bits per heavy atom. The monoisotopic (exact) mass is 1620 g/mol. The third-order valence-corrected chi connectivity index (χ3v) is 25.6. The van der Waals surface area contributed by atoms with Gasteiger partial charge in [-0.05, 0) is 293 Å². The van der Waals surface area contributed by atoms with Crippen LogP contribution in [0.25, 0.3) is 142 Å². The van der Waals surface area contributed by atoms with Crippen LogP contribution < -0.4 is 29.1 Å². The molecular formula is C120H80N4O3. The van der Waals surface area contributed by atoms with E-state index in [1.807, 2.05) is 12.1 Å². The van der Waals surface area contributed by atoms with Crippen molar-refractivity contribution < 1.29 is 13.9 Å². The lowest BCUT2D eigenvalue weighted by atomic mass is 9.86. The van der Waals surface area contributed by atoms with E-state index in [-0.39, 0.29) is 0 Å². The van der Waals surface area contributed by atoms with E-state index in [0.29, 0.717) is 0 Å². The Morgan fingerprint density at radius 3 is 1.03 bits per heavy atom. The highest BCUT2D eigenvalue weighted by atomic mass is 16.5. The first kappa shape index (κ1) is 74.1. The SMILES string of the molecule is Cc1ccccc1N(c1ccc(-c2cc3c4cccc5c4c(cc3c3ccccc23)-c2ccc(N(c3ccccc3)c3cccc4c3oc3ccccc34)cc2O5)cc1)c1ccccc1C.c1ccc(N(c2ccccc2)c2ccc3c(c2)Oc2cccc4c2c-3cc2c3ccccc3c(-c3ccc(N(c5ccccc5)c5ccc6ccccc6c5)cc3)cc42)cc1. The molecule has 0 saturated carbocycles. The van der Waals surface area contributed by atoms with Crippen LogP contribution in [-0.2, 0) is 0 Å². The number of hydrogen-bond acceptors (Lipinski definition) is 7. The van der Waals surface area contributed by atoms with Crippen LogP contribution in [0.2, 0.25) is 0 Å². The molecule has 7 nitrogen and oxygen atoms in total. The molecule has 0 bridgehead atoms. The summed E-state index contributed by atoms with van der Waals surface area (Å²) in [6, 6.07) is 161. The molecule has 1 aromatic heterocycles. The average Bonchev–Trinajstić information content (AvgIpc) is 1.21. The second kappa shape index (κ2) is 30.7. The third kappa shape index (κ3) is 12.7. The van der Waals surface area contributed by atoms with Crippen LogP contribution >= 0.6 is 0 Å². The van der Waals surface area contributed by atoms with Crippen LogP contribution in [0.5, 0.6) is 23.0 Å². The van der Waals surface area contributed by atoms with E-state index < -0.39 is 0 Å².